The lowest BCUT2D eigenvalue weighted by Crippen LogP contribution is -2.42. The van der Waals surface area contributed by atoms with Crippen molar-refractivity contribution in [3.63, 3.8) is 0 Å². The molecule has 3 N–H and O–H groups in total. The van der Waals surface area contributed by atoms with Crippen molar-refractivity contribution < 1.29 is 0 Å². The Bertz CT molecular complexity index is 341. The molecule has 0 spiro atoms. The van der Waals surface area contributed by atoms with Crippen LogP contribution in [0.1, 0.15) is 45.1 Å². The van der Waals surface area contributed by atoms with E-state index < -0.39 is 0 Å². The highest BCUT2D eigenvalue weighted by Crippen LogP contribution is 2.23. The van der Waals surface area contributed by atoms with Crippen LogP contribution >= 0.6 is 11.6 Å². The summed E-state index contributed by atoms with van der Waals surface area (Å²) >= 11 is 6.21. The molecule has 0 saturated heterocycles. The number of halogens is 1. The average Bonchev–Trinajstić information content (AvgIpc) is 2.40. The molecule has 0 aliphatic rings. The number of unbranched alkanes of at least 4 members (excludes halogenated alkanes) is 1. The number of hydrogen-bond acceptors (Lipinski definition) is 2. The highest BCUT2D eigenvalue weighted by Gasteiger charge is 2.19. The van der Waals surface area contributed by atoms with Crippen LogP contribution in [0, 0.1) is 5.92 Å². The van der Waals surface area contributed by atoms with Crippen molar-refractivity contribution in [3.05, 3.63) is 34.9 Å². The third-order valence-corrected chi connectivity index (χ3v) is 4.00. The van der Waals surface area contributed by atoms with Gasteiger partial charge in [0, 0.05) is 11.1 Å². The fraction of sp³-hybridized carbons (Fsp3) is 0.600. The summed E-state index contributed by atoms with van der Waals surface area (Å²) in [6, 6.07) is 8.32. The first-order chi connectivity index (χ1) is 8.72. The second kappa shape index (κ2) is 8.52. The lowest BCUT2D eigenvalue weighted by Gasteiger charge is -2.26. The summed E-state index contributed by atoms with van der Waals surface area (Å²) < 4.78 is 0. The lowest BCUT2D eigenvalue weighted by molar-refractivity contribution is 0.318. The van der Waals surface area contributed by atoms with Crippen LogP contribution < -0.4 is 11.3 Å². The Kier molecular flexibility index (Phi) is 7.33. The van der Waals surface area contributed by atoms with Gasteiger partial charge in [0.1, 0.15) is 0 Å². The van der Waals surface area contributed by atoms with Crippen molar-refractivity contribution in [2.24, 2.45) is 11.8 Å². The molecular formula is C15H25ClN2. The maximum absolute atomic E-state index is 6.21. The van der Waals surface area contributed by atoms with Gasteiger partial charge in [-0.3, -0.25) is 11.3 Å². The summed E-state index contributed by atoms with van der Waals surface area (Å²) in [4.78, 5) is 0. The van der Waals surface area contributed by atoms with Crippen molar-refractivity contribution in [2.45, 2.75) is 52.0 Å². The molecule has 0 heterocycles. The molecule has 0 aromatic heterocycles. The molecule has 18 heavy (non-hydrogen) atoms. The van der Waals surface area contributed by atoms with Gasteiger partial charge in [-0.25, -0.2) is 0 Å². The van der Waals surface area contributed by atoms with Crippen molar-refractivity contribution in [1.29, 1.82) is 0 Å². The molecule has 0 aliphatic heterocycles. The molecular weight excluding hydrogens is 244 g/mol. The van der Waals surface area contributed by atoms with Crippen molar-refractivity contribution in [1.82, 2.24) is 5.43 Å². The van der Waals surface area contributed by atoms with Gasteiger partial charge in [0.05, 0.1) is 0 Å². The van der Waals surface area contributed by atoms with E-state index in [9.17, 15) is 0 Å². The van der Waals surface area contributed by atoms with E-state index in [0.29, 0.717) is 12.0 Å². The van der Waals surface area contributed by atoms with Gasteiger partial charge in [-0.2, -0.15) is 0 Å². The summed E-state index contributed by atoms with van der Waals surface area (Å²) in [5, 5.41) is 0.836. The Balaban J connectivity index is 2.67. The maximum Gasteiger partial charge on any atom is 0.0438 e. The number of rotatable bonds is 8. The first-order valence-corrected chi connectivity index (χ1v) is 7.30. The van der Waals surface area contributed by atoms with Gasteiger partial charge in [0.25, 0.3) is 0 Å². The predicted octanol–water partition coefficient (Wildman–Crippen LogP) is 3.93. The summed E-state index contributed by atoms with van der Waals surface area (Å²) in [6.07, 6.45) is 5.78. The Morgan fingerprint density at radius 3 is 2.56 bits per heavy atom. The van der Waals surface area contributed by atoms with Crippen molar-refractivity contribution in [3.8, 4) is 0 Å². The minimum atomic E-state index is 0.307. The van der Waals surface area contributed by atoms with Crippen LogP contribution in [0.5, 0.6) is 0 Å². The summed E-state index contributed by atoms with van der Waals surface area (Å²) in [5.41, 5.74) is 4.16. The van der Waals surface area contributed by atoms with Crippen LogP contribution in [-0.2, 0) is 6.42 Å². The van der Waals surface area contributed by atoms with E-state index in [1.165, 1.54) is 24.8 Å². The molecule has 0 bridgehead atoms. The van der Waals surface area contributed by atoms with E-state index in [-0.39, 0.29) is 0 Å². The van der Waals surface area contributed by atoms with Crippen LogP contribution in [0.3, 0.4) is 0 Å². The van der Waals surface area contributed by atoms with Gasteiger partial charge in [0.15, 0.2) is 0 Å². The van der Waals surface area contributed by atoms with E-state index in [2.05, 4.69) is 25.3 Å². The van der Waals surface area contributed by atoms with Crippen molar-refractivity contribution >= 4 is 11.6 Å². The molecule has 2 atom stereocenters. The first kappa shape index (κ1) is 15.5. The predicted molar refractivity (Wildman–Crippen MR) is 79.6 cm³/mol. The Morgan fingerprint density at radius 1 is 1.28 bits per heavy atom. The van der Waals surface area contributed by atoms with Crippen molar-refractivity contribution in [2.75, 3.05) is 0 Å². The monoisotopic (exact) mass is 268 g/mol. The number of nitrogens with two attached hydrogens (primary N) is 1. The zero-order valence-electron chi connectivity index (χ0n) is 11.5. The van der Waals surface area contributed by atoms with Gasteiger partial charge in [0.2, 0.25) is 0 Å². The molecule has 2 unspecified atom stereocenters. The normalized spacial score (nSPS) is 14.4. The molecule has 1 rings (SSSR count). The summed E-state index contributed by atoms with van der Waals surface area (Å²) in [6.45, 7) is 4.46. The third kappa shape index (κ3) is 4.60. The standard InChI is InChI=1S/C15H25ClN2/c1-3-5-8-12(4-2)15(18-17)11-13-9-6-7-10-14(13)16/h6-7,9-10,12,15,18H,3-5,8,11,17H2,1-2H3. The van der Waals surface area contributed by atoms with Gasteiger partial charge < -0.3 is 0 Å². The Morgan fingerprint density at radius 2 is 2.00 bits per heavy atom. The van der Waals surface area contributed by atoms with Crippen LogP contribution in [0.15, 0.2) is 24.3 Å². The third-order valence-electron chi connectivity index (χ3n) is 3.63. The lowest BCUT2D eigenvalue weighted by atomic mass is 9.88. The van der Waals surface area contributed by atoms with Gasteiger partial charge in [-0.05, 0) is 30.4 Å². The summed E-state index contributed by atoms with van der Waals surface area (Å²) in [7, 11) is 0. The van der Waals surface area contributed by atoms with Crippen LogP contribution in [0.4, 0.5) is 0 Å². The number of nitrogens with one attached hydrogen (secondary N) is 1. The number of hydrogen-bond donors (Lipinski definition) is 2. The molecule has 2 nitrogen and oxygen atoms in total. The largest absolute Gasteiger partial charge is 0.271 e. The molecule has 1 aromatic carbocycles. The molecule has 1 aromatic rings. The van der Waals surface area contributed by atoms with E-state index >= 15 is 0 Å². The van der Waals surface area contributed by atoms with Crippen LogP contribution in [-0.4, -0.2) is 6.04 Å². The van der Waals surface area contributed by atoms with E-state index in [1.54, 1.807) is 0 Å². The van der Waals surface area contributed by atoms with E-state index in [0.717, 1.165) is 17.9 Å². The zero-order valence-corrected chi connectivity index (χ0v) is 12.2. The molecule has 0 fully saturated rings. The van der Waals surface area contributed by atoms with Crippen LogP contribution in [0.2, 0.25) is 5.02 Å². The molecule has 0 saturated carbocycles. The Hall–Kier alpha value is -0.570. The number of hydrazine groups is 1. The quantitative estimate of drug-likeness (QED) is 0.554. The second-order valence-corrected chi connectivity index (χ2v) is 5.29. The van der Waals surface area contributed by atoms with Gasteiger partial charge >= 0.3 is 0 Å². The minimum Gasteiger partial charge on any atom is -0.271 e. The second-order valence-electron chi connectivity index (χ2n) is 4.88. The van der Waals surface area contributed by atoms with E-state index in [1.807, 2.05) is 18.2 Å². The maximum atomic E-state index is 6.21. The topological polar surface area (TPSA) is 38.0 Å². The SMILES string of the molecule is CCCCC(CC)C(Cc1ccccc1Cl)NN. The molecule has 102 valence electrons. The minimum absolute atomic E-state index is 0.307. The molecule has 0 aliphatic carbocycles. The molecule has 0 amide bonds. The number of benzene rings is 1. The van der Waals surface area contributed by atoms with Crippen LogP contribution in [0.25, 0.3) is 0 Å². The fourth-order valence-electron chi connectivity index (χ4n) is 2.42. The molecule has 0 radical (unpaired) electrons. The van der Waals surface area contributed by atoms with Gasteiger partial charge in [-0.1, -0.05) is 62.9 Å². The Labute approximate surface area is 116 Å². The average molecular weight is 269 g/mol. The molecule has 3 heteroatoms. The smallest absolute Gasteiger partial charge is 0.0438 e. The fourth-order valence-corrected chi connectivity index (χ4v) is 2.63. The first-order valence-electron chi connectivity index (χ1n) is 6.92. The zero-order chi connectivity index (χ0) is 13.4. The summed E-state index contributed by atoms with van der Waals surface area (Å²) in [5.74, 6) is 6.34. The van der Waals surface area contributed by atoms with E-state index in [4.69, 9.17) is 17.4 Å². The highest BCUT2D eigenvalue weighted by molar-refractivity contribution is 6.31. The van der Waals surface area contributed by atoms with Gasteiger partial charge in [-0.15, -0.1) is 0 Å². The highest BCUT2D eigenvalue weighted by atomic mass is 35.5.